The molecule has 1 aromatic rings. The van der Waals surface area contributed by atoms with Gasteiger partial charge in [0, 0.05) is 17.7 Å². The van der Waals surface area contributed by atoms with Crippen LogP contribution in [0.3, 0.4) is 0 Å². The maximum Gasteiger partial charge on any atom is 0.341 e. The van der Waals surface area contributed by atoms with Crippen LogP contribution < -0.4 is 10.1 Å². The Kier molecular flexibility index (Phi) is 3.57. The lowest BCUT2D eigenvalue weighted by molar-refractivity contribution is -0.139. The van der Waals surface area contributed by atoms with Crippen molar-refractivity contribution in [2.24, 2.45) is 11.3 Å². The van der Waals surface area contributed by atoms with E-state index in [1.54, 1.807) is 24.3 Å². The summed E-state index contributed by atoms with van der Waals surface area (Å²) >= 11 is 0. The molecule has 1 unspecified atom stereocenters. The van der Waals surface area contributed by atoms with Crippen LogP contribution in [0.5, 0.6) is 5.75 Å². The third-order valence-electron chi connectivity index (χ3n) is 4.57. The summed E-state index contributed by atoms with van der Waals surface area (Å²) in [5.41, 5.74) is 0.935. The quantitative estimate of drug-likeness (QED) is 0.873. The van der Waals surface area contributed by atoms with Gasteiger partial charge in [-0.25, -0.2) is 4.79 Å². The van der Waals surface area contributed by atoms with Crippen LogP contribution in [0.15, 0.2) is 24.3 Å². The van der Waals surface area contributed by atoms with E-state index in [4.69, 9.17) is 9.84 Å². The molecule has 3 rings (SSSR count). The van der Waals surface area contributed by atoms with E-state index in [0.29, 0.717) is 11.4 Å². The summed E-state index contributed by atoms with van der Waals surface area (Å²) in [4.78, 5) is 22.7. The summed E-state index contributed by atoms with van der Waals surface area (Å²) in [7, 11) is 0. The lowest BCUT2D eigenvalue weighted by Crippen LogP contribution is -2.17. The zero-order chi connectivity index (χ0) is 14.9. The number of carboxylic acids is 1. The van der Waals surface area contributed by atoms with Crippen molar-refractivity contribution in [1.29, 1.82) is 0 Å². The predicted octanol–water partition coefficient (Wildman–Crippen LogP) is 2.67. The molecule has 0 aliphatic heterocycles. The van der Waals surface area contributed by atoms with Crippen molar-refractivity contribution in [3.05, 3.63) is 24.3 Å². The summed E-state index contributed by atoms with van der Waals surface area (Å²) in [5, 5.41) is 11.5. The van der Waals surface area contributed by atoms with E-state index in [1.165, 1.54) is 25.7 Å². The second-order valence-corrected chi connectivity index (χ2v) is 6.03. The maximum absolute atomic E-state index is 12.3. The molecule has 0 heterocycles. The molecule has 0 bridgehead atoms. The molecule has 1 atom stereocenters. The van der Waals surface area contributed by atoms with Gasteiger partial charge < -0.3 is 15.2 Å². The van der Waals surface area contributed by atoms with Gasteiger partial charge in [0.25, 0.3) is 0 Å². The molecule has 2 saturated carbocycles. The summed E-state index contributed by atoms with van der Waals surface area (Å²) < 4.78 is 5.11. The smallest absolute Gasteiger partial charge is 0.341 e. The van der Waals surface area contributed by atoms with Crippen LogP contribution >= 0.6 is 0 Å². The van der Waals surface area contributed by atoms with Crippen molar-refractivity contribution < 1.29 is 19.4 Å². The minimum absolute atomic E-state index is 0.0762. The van der Waals surface area contributed by atoms with Crippen molar-refractivity contribution in [3.8, 4) is 5.75 Å². The van der Waals surface area contributed by atoms with Crippen LogP contribution in [0.1, 0.15) is 32.1 Å². The molecule has 112 valence electrons. The first-order valence-corrected chi connectivity index (χ1v) is 7.35. The molecular formula is C16H19NO4. The third-order valence-corrected chi connectivity index (χ3v) is 4.57. The lowest BCUT2D eigenvalue weighted by atomic mass is 10.0. The van der Waals surface area contributed by atoms with E-state index in [2.05, 4.69) is 5.32 Å². The van der Waals surface area contributed by atoms with Gasteiger partial charge in [-0.3, -0.25) is 4.79 Å². The standard InChI is InChI=1S/C16H19NO4/c18-14(19)10-21-12-5-3-4-11(8-12)17-15(20)13-9-16(13)6-1-2-7-16/h3-5,8,13H,1-2,6-7,9-10H2,(H,17,20)(H,18,19). The number of amides is 1. The average Bonchev–Trinajstić information content (AvgIpc) is 2.95. The molecule has 2 fully saturated rings. The SMILES string of the molecule is O=C(O)COc1cccc(NC(=O)C2CC23CCCC3)c1. The van der Waals surface area contributed by atoms with Crippen molar-refractivity contribution in [3.63, 3.8) is 0 Å². The summed E-state index contributed by atoms with van der Waals surface area (Å²) in [5.74, 6) is -0.358. The van der Waals surface area contributed by atoms with Gasteiger partial charge in [0.15, 0.2) is 6.61 Å². The number of hydrogen-bond donors (Lipinski definition) is 2. The number of ether oxygens (including phenoxy) is 1. The number of anilines is 1. The molecule has 0 radical (unpaired) electrons. The van der Waals surface area contributed by atoms with E-state index < -0.39 is 5.97 Å². The van der Waals surface area contributed by atoms with Crippen LogP contribution in [-0.2, 0) is 9.59 Å². The second-order valence-electron chi connectivity index (χ2n) is 6.03. The van der Waals surface area contributed by atoms with Gasteiger partial charge in [0.2, 0.25) is 5.91 Å². The highest BCUT2D eigenvalue weighted by atomic mass is 16.5. The van der Waals surface area contributed by atoms with Crippen LogP contribution in [0.4, 0.5) is 5.69 Å². The van der Waals surface area contributed by atoms with Crippen LogP contribution in [0.2, 0.25) is 0 Å². The summed E-state index contributed by atoms with van der Waals surface area (Å²) in [6.45, 7) is -0.386. The number of carbonyl (C=O) groups is 2. The molecule has 1 amide bonds. The fourth-order valence-electron chi connectivity index (χ4n) is 3.39. The summed E-state index contributed by atoms with van der Waals surface area (Å²) in [6, 6.07) is 6.86. The second kappa shape index (κ2) is 5.39. The number of rotatable bonds is 5. The van der Waals surface area contributed by atoms with Crippen LogP contribution in [-0.4, -0.2) is 23.6 Å². The monoisotopic (exact) mass is 289 g/mol. The number of carboxylic acid groups (broad SMARTS) is 1. The van der Waals surface area contributed by atoms with Crippen molar-refractivity contribution in [1.82, 2.24) is 0 Å². The Bertz CT molecular complexity index is 563. The number of benzene rings is 1. The molecule has 1 aromatic carbocycles. The van der Waals surface area contributed by atoms with Gasteiger partial charge in [-0.1, -0.05) is 18.9 Å². The maximum atomic E-state index is 12.3. The molecule has 5 nitrogen and oxygen atoms in total. The van der Waals surface area contributed by atoms with Crippen LogP contribution in [0, 0.1) is 11.3 Å². The Morgan fingerprint density at radius 3 is 2.81 bits per heavy atom. The number of aliphatic carboxylic acids is 1. The molecule has 2 N–H and O–H groups in total. The molecule has 1 spiro atoms. The van der Waals surface area contributed by atoms with Gasteiger partial charge in [0.1, 0.15) is 5.75 Å². The Morgan fingerprint density at radius 1 is 1.33 bits per heavy atom. The zero-order valence-corrected chi connectivity index (χ0v) is 11.8. The Hall–Kier alpha value is -2.04. The van der Waals surface area contributed by atoms with Gasteiger partial charge in [-0.2, -0.15) is 0 Å². The largest absolute Gasteiger partial charge is 0.482 e. The van der Waals surface area contributed by atoms with Crippen molar-refractivity contribution in [2.45, 2.75) is 32.1 Å². The van der Waals surface area contributed by atoms with E-state index in [-0.39, 0.29) is 23.8 Å². The Labute approximate surface area is 123 Å². The molecule has 2 aliphatic carbocycles. The van der Waals surface area contributed by atoms with Gasteiger partial charge in [-0.05, 0) is 36.8 Å². The molecule has 2 aliphatic rings. The van der Waals surface area contributed by atoms with E-state index >= 15 is 0 Å². The van der Waals surface area contributed by atoms with Gasteiger partial charge in [-0.15, -0.1) is 0 Å². The molecule has 5 heteroatoms. The van der Waals surface area contributed by atoms with Crippen molar-refractivity contribution in [2.75, 3.05) is 11.9 Å². The first kappa shape index (κ1) is 13.9. The number of nitrogens with one attached hydrogen (secondary N) is 1. The first-order chi connectivity index (χ1) is 10.1. The van der Waals surface area contributed by atoms with E-state index in [0.717, 1.165) is 6.42 Å². The fraction of sp³-hybridized carbons (Fsp3) is 0.500. The van der Waals surface area contributed by atoms with Crippen LogP contribution in [0.25, 0.3) is 0 Å². The number of hydrogen-bond acceptors (Lipinski definition) is 3. The minimum atomic E-state index is -1.02. The van der Waals surface area contributed by atoms with Gasteiger partial charge in [0.05, 0.1) is 0 Å². The molecule has 0 saturated heterocycles. The highest BCUT2D eigenvalue weighted by molar-refractivity contribution is 5.95. The normalized spacial score (nSPS) is 22.0. The minimum Gasteiger partial charge on any atom is -0.482 e. The topological polar surface area (TPSA) is 75.6 Å². The third kappa shape index (κ3) is 3.01. The predicted molar refractivity (Wildman–Crippen MR) is 77.2 cm³/mol. The first-order valence-electron chi connectivity index (χ1n) is 7.35. The van der Waals surface area contributed by atoms with Crippen molar-refractivity contribution >= 4 is 17.6 Å². The number of carbonyl (C=O) groups excluding carboxylic acids is 1. The zero-order valence-electron chi connectivity index (χ0n) is 11.8. The van der Waals surface area contributed by atoms with Gasteiger partial charge >= 0.3 is 5.97 Å². The highest BCUT2D eigenvalue weighted by Crippen LogP contribution is 2.63. The fourth-order valence-corrected chi connectivity index (χ4v) is 3.39. The molecule has 21 heavy (non-hydrogen) atoms. The molecular weight excluding hydrogens is 270 g/mol. The van der Waals surface area contributed by atoms with E-state index in [1.807, 2.05) is 0 Å². The summed E-state index contributed by atoms with van der Waals surface area (Å²) in [6.07, 6.45) is 5.83. The highest BCUT2D eigenvalue weighted by Gasteiger charge is 2.58. The average molecular weight is 289 g/mol. The lowest BCUT2D eigenvalue weighted by Gasteiger charge is -2.10. The Morgan fingerprint density at radius 2 is 2.10 bits per heavy atom. The molecule has 0 aromatic heterocycles. The Balaban J connectivity index is 1.59. The van der Waals surface area contributed by atoms with E-state index in [9.17, 15) is 9.59 Å².